The minimum atomic E-state index is 0.663. The molecule has 2 fully saturated rings. The summed E-state index contributed by atoms with van der Waals surface area (Å²) in [6.45, 7) is 13.4. The van der Waals surface area contributed by atoms with Crippen molar-refractivity contribution in [2.45, 2.75) is 53.4 Å². The predicted molar refractivity (Wildman–Crippen MR) is 82.1 cm³/mol. The number of rotatable bonds is 4. The van der Waals surface area contributed by atoms with Gasteiger partial charge >= 0.3 is 0 Å². The molecule has 0 aromatic carbocycles. The molecule has 1 spiro atoms. The van der Waals surface area contributed by atoms with E-state index in [0.717, 1.165) is 19.8 Å². The molecule has 110 valence electrons. The molecule has 0 unspecified atom stereocenters. The molecule has 1 saturated carbocycles. The second-order valence-electron chi connectivity index (χ2n) is 5.54. The van der Waals surface area contributed by atoms with Crippen molar-refractivity contribution in [2.24, 2.45) is 11.3 Å². The average Bonchev–Trinajstić information content (AvgIpc) is 2.42. The number of nitrogens with zero attached hydrogens (tertiary/aromatic N) is 1. The molecule has 19 heavy (non-hydrogen) atoms. The van der Waals surface area contributed by atoms with Gasteiger partial charge in [0.25, 0.3) is 0 Å². The summed E-state index contributed by atoms with van der Waals surface area (Å²) in [5.41, 5.74) is 0.663. The largest absolute Gasteiger partial charge is 0.380 e. The Morgan fingerprint density at radius 2 is 1.84 bits per heavy atom. The van der Waals surface area contributed by atoms with Gasteiger partial charge < -0.3 is 9.64 Å². The van der Waals surface area contributed by atoms with Crippen LogP contribution in [-0.4, -0.2) is 37.7 Å². The highest BCUT2D eigenvalue weighted by atomic mass is 16.5. The van der Waals surface area contributed by atoms with E-state index in [-0.39, 0.29) is 0 Å². The molecule has 2 rings (SSSR count). The molecule has 0 aromatic heterocycles. The monoisotopic (exact) mass is 265 g/mol. The van der Waals surface area contributed by atoms with Gasteiger partial charge in [-0.25, -0.2) is 0 Å². The summed E-state index contributed by atoms with van der Waals surface area (Å²) in [4.78, 5) is 2.56. The van der Waals surface area contributed by atoms with E-state index < -0.39 is 0 Å². The molecule has 0 amide bonds. The number of ether oxygens (including phenoxy) is 1. The van der Waals surface area contributed by atoms with Crippen LogP contribution in [0.15, 0.2) is 0 Å². The lowest BCUT2D eigenvalue weighted by atomic mass is 9.58. The summed E-state index contributed by atoms with van der Waals surface area (Å²) in [7, 11) is 0. The second-order valence-corrected chi connectivity index (χ2v) is 5.54. The van der Waals surface area contributed by atoms with E-state index in [0.29, 0.717) is 11.3 Å². The van der Waals surface area contributed by atoms with Crippen LogP contribution >= 0.6 is 0 Å². The topological polar surface area (TPSA) is 12.5 Å². The van der Waals surface area contributed by atoms with Crippen molar-refractivity contribution < 1.29 is 4.74 Å². The van der Waals surface area contributed by atoms with Gasteiger partial charge in [-0.05, 0) is 58.0 Å². The van der Waals surface area contributed by atoms with Gasteiger partial charge in [0.2, 0.25) is 0 Å². The van der Waals surface area contributed by atoms with Crippen LogP contribution in [0.5, 0.6) is 0 Å². The van der Waals surface area contributed by atoms with E-state index in [1.165, 1.54) is 38.8 Å². The van der Waals surface area contributed by atoms with Crippen LogP contribution in [0.3, 0.4) is 0 Å². The zero-order chi connectivity index (χ0) is 14.1. The van der Waals surface area contributed by atoms with E-state index in [1.807, 2.05) is 20.8 Å². The third-order valence-electron chi connectivity index (χ3n) is 4.38. The van der Waals surface area contributed by atoms with Crippen molar-refractivity contribution in [3.8, 4) is 11.8 Å². The predicted octanol–water partition coefficient (Wildman–Crippen LogP) is 3.56. The lowest BCUT2D eigenvalue weighted by Crippen LogP contribution is -2.47. The van der Waals surface area contributed by atoms with Crippen LogP contribution in [0.25, 0.3) is 0 Å². The molecule has 0 atom stereocenters. The van der Waals surface area contributed by atoms with E-state index >= 15 is 0 Å². The number of hydrogen-bond donors (Lipinski definition) is 0. The summed E-state index contributed by atoms with van der Waals surface area (Å²) in [6.07, 6.45) is 5.46. The lowest BCUT2D eigenvalue weighted by molar-refractivity contribution is -0.000758. The maximum Gasteiger partial charge on any atom is 0.0593 e. The number of hydrogen-bond acceptors (Lipinski definition) is 2. The van der Waals surface area contributed by atoms with Crippen molar-refractivity contribution >= 4 is 0 Å². The van der Waals surface area contributed by atoms with E-state index in [4.69, 9.17) is 4.74 Å². The molecule has 2 nitrogen and oxygen atoms in total. The Bertz CT molecular complexity index is 286. The van der Waals surface area contributed by atoms with Gasteiger partial charge in [0.05, 0.1) is 6.61 Å². The van der Waals surface area contributed by atoms with Crippen LogP contribution < -0.4 is 0 Å². The van der Waals surface area contributed by atoms with Crippen LogP contribution in [-0.2, 0) is 4.74 Å². The normalized spacial score (nSPS) is 21.9. The van der Waals surface area contributed by atoms with Crippen LogP contribution in [0, 0.1) is 23.2 Å². The van der Waals surface area contributed by atoms with Gasteiger partial charge in [-0.3, -0.25) is 0 Å². The molecule has 1 saturated heterocycles. The Labute approximate surface area is 119 Å². The first-order valence-corrected chi connectivity index (χ1v) is 8.00. The summed E-state index contributed by atoms with van der Waals surface area (Å²) in [5, 5.41) is 0. The van der Waals surface area contributed by atoms with E-state index in [2.05, 4.69) is 23.7 Å². The van der Waals surface area contributed by atoms with Gasteiger partial charge in [-0.2, -0.15) is 0 Å². The van der Waals surface area contributed by atoms with Crippen molar-refractivity contribution in [1.29, 1.82) is 0 Å². The van der Waals surface area contributed by atoms with Gasteiger partial charge in [0.1, 0.15) is 0 Å². The first-order chi connectivity index (χ1) is 9.28. The lowest BCUT2D eigenvalue weighted by Gasteiger charge is -2.51. The van der Waals surface area contributed by atoms with Crippen molar-refractivity contribution in [1.82, 2.24) is 4.90 Å². The Hall–Kier alpha value is -0.520. The van der Waals surface area contributed by atoms with Gasteiger partial charge in [0.15, 0.2) is 0 Å². The van der Waals surface area contributed by atoms with E-state index in [1.54, 1.807) is 0 Å². The van der Waals surface area contributed by atoms with Crippen molar-refractivity contribution in [3.05, 3.63) is 0 Å². The van der Waals surface area contributed by atoms with Crippen LogP contribution in [0.4, 0.5) is 0 Å². The van der Waals surface area contributed by atoms with Gasteiger partial charge in [0, 0.05) is 19.1 Å². The SMILES string of the molecule is CC.CC#CC1CC2(CCN(CCOCC)CC2)C1. The second kappa shape index (κ2) is 8.61. The molecule has 0 N–H and O–H groups in total. The van der Waals surface area contributed by atoms with Crippen molar-refractivity contribution in [2.75, 3.05) is 32.8 Å². The summed E-state index contributed by atoms with van der Waals surface area (Å²) in [6, 6.07) is 0. The minimum absolute atomic E-state index is 0.663. The third-order valence-corrected chi connectivity index (χ3v) is 4.38. The zero-order valence-corrected chi connectivity index (χ0v) is 13.3. The average molecular weight is 265 g/mol. The number of likely N-dealkylation sites (tertiary alicyclic amines) is 1. The first-order valence-electron chi connectivity index (χ1n) is 8.00. The van der Waals surface area contributed by atoms with E-state index in [9.17, 15) is 0 Å². The molecule has 1 heterocycles. The quantitative estimate of drug-likeness (QED) is 0.569. The fraction of sp³-hybridized carbons (Fsp3) is 0.882. The summed E-state index contributed by atoms with van der Waals surface area (Å²) < 4.78 is 5.42. The maximum absolute atomic E-state index is 5.42. The minimum Gasteiger partial charge on any atom is -0.380 e. The number of piperidine rings is 1. The molecule has 2 heteroatoms. The summed E-state index contributed by atoms with van der Waals surface area (Å²) in [5.74, 6) is 7.08. The zero-order valence-electron chi connectivity index (χ0n) is 13.3. The van der Waals surface area contributed by atoms with Crippen LogP contribution in [0.2, 0.25) is 0 Å². The molecule has 0 radical (unpaired) electrons. The molecule has 2 aliphatic rings. The highest BCUT2D eigenvalue weighted by molar-refractivity contribution is 5.11. The standard InChI is InChI=1S/C15H25NO.C2H6/c1-3-5-14-12-15(13-14)6-8-16(9-7-15)10-11-17-4-2;1-2/h14H,4,6-13H2,1-2H3;1-2H3. The molecule has 1 aliphatic heterocycles. The van der Waals surface area contributed by atoms with Gasteiger partial charge in [-0.1, -0.05) is 13.8 Å². The third kappa shape index (κ3) is 4.82. The Morgan fingerprint density at radius 1 is 1.21 bits per heavy atom. The smallest absolute Gasteiger partial charge is 0.0593 e. The molecule has 0 aromatic rings. The molecule has 1 aliphatic carbocycles. The molecule has 0 bridgehead atoms. The summed E-state index contributed by atoms with van der Waals surface area (Å²) >= 11 is 0. The Morgan fingerprint density at radius 3 is 2.37 bits per heavy atom. The first kappa shape index (κ1) is 16.5. The fourth-order valence-electron chi connectivity index (χ4n) is 3.29. The highest BCUT2D eigenvalue weighted by Crippen LogP contribution is 2.52. The fourth-order valence-corrected chi connectivity index (χ4v) is 3.29. The Balaban J connectivity index is 0.000000861. The van der Waals surface area contributed by atoms with Crippen molar-refractivity contribution in [3.63, 3.8) is 0 Å². The highest BCUT2D eigenvalue weighted by Gasteiger charge is 2.44. The Kier molecular flexibility index (Phi) is 7.49. The molecular formula is C17H31NO. The molecular weight excluding hydrogens is 234 g/mol. The maximum atomic E-state index is 5.42. The van der Waals surface area contributed by atoms with Gasteiger partial charge in [-0.15, -0.1) is 11.8 Å². The van der Waals surface area contributed by atoms with Crippen LogP contribution in [0.1, 0.15) is 53.4 Å².